The zero-order valence-electron chi connectivity index (χ0n) is 17.8. The highest BCUT2D eigenvalue weighted by atomic mass is 35.5. The summed E-state index contributed by atoms with van der Waals surface area (Å²) in [5, 5.41) is 6.10. The van der Waals surface area contributed by atoms with Gasteiger partial charge in [-0.3, -0.25) is 14.0 Å². The van der Waals surface area contributed by atoms with Crippen LogP contribution in [0.2, 0.25) is 10.2 Å². The molecule has 4 aromatic rings. The first-order valence-corrected chi connectivity index (χ1v) is 11.3. The maximum absolute atomic E-state index is 13.5. The fraction of sp³-hybridized carbons (Fsp3) is 0.217. The Kier molecular flexibility index (Phi) is 5.99. The summed E-state index contributed by atoms with van der Waals surface area (Å²) < 4.78 is 7.74. The standard InChI is InChI=1S/C23H20Cl2N6O3/c24-16-9-17(29-19(16)25)20(32)30-23(10-18(34-13-23)14-5-2-1-3-6-14)21(33)27-11-15-12-31-8-4-7-26-22(31)28-15/h1-9,12,18,29H,10-11,13H2,(H,27,33)(H,30,32)/t18-,23+/m1/s1. The van der Waals surface area contributed by atoms with Crippen molar-refractivity contribution in [3.8, 4) is 0 Å². The molecule has 0 bridgehead atoms. The van der Waals surface area contributed by atoms with Crippen molar-refractivity contribution in [2.45, 2.75) is 24.6 Å². The zero-order chi connectivity index (χ0) is 23.7. The predicted molar refractivity (Wildman–Crippen MR) is 126 cm³/mol. The Morgan fingerprint density at radius 2 is 2.06 bits per heavy atom. The fourth-order valence-corrected chi connectivity index (χ4v) is 4.29. The smallest absolute Gasteiger partial charge is 0.268 e. The largest absolute Gasteiger partial charge is 0.370 e. The fourth-order valence-electron chi connectivity index (χ4n) is 3.98. The van der Waals surface area contributed by atoms with Gasteiger partial charge in [0, 0.05) is 25.0 Å². The SMILES string of the molecule is O=C(N[C@]1(C(=O)NCc2cn3cccnc3n2)CO[C@@H](c2ccccc2)C1)c1cc(Cl)c(Cl)[nH]1. The first-order chi connectivity index (χ1) is 16.4. The van der Waals surface area contributed by atoms with Crippen LogP contribution in [0.1, 0.15) is 34.3 Å². The van der Waals surface area contributed by atoms with Gasteiger partial charge >= 0.3 is 0 Å². The molecule has 1 aliphatic rings. The van der Waals surface area contributed by atoms with Gasteiger partial charge in [-0.15, -0.1) is 0 Å². The van der Waals surface area contributed by atoms with E-state index in [2.05, 4.69) is 25.6 Å². The topological polar surface area (TPSA) is 113 Å². The minimum atomic E-state index is -1.31. The van der Waals surface area contributed by atoms with Gasteiger partial charge in [0.05, 0.1) is 30.0 Å². The van der Waals surface area contributed by atoms with E-state index in [-0.39, 0.29) is 47.5 Å². The van der Waals surface area contributed by atoms with Gasteiger partial charge in [0.2, 0.25) is 11.7 Å². The van der Waals surface area contributed by atoms with E-state index in [1.165, 1.54) is 6.07 Å². The van der Waals surface area contributed by atoms with Gasteiger partial charge in [0.15, 0.2) is 0 Å². The van der Waals surface area contributed by atoms with Gasteiger partial charge in [-0.1, -0.05) is 53.5 Å². The molecule has 5 rings (SSSR count). The summed E-state index contributed by atoms with van der Waals surface area (Å²) in [4.78, 5) is 37.7. The lowest BCUT2D eigenvalue weighted by Crippen LogP contribution is -2.59. The summed E-state index contributed by atoms with van der Waals surface area (Å²) in [5.74, 6) is -0.366. The summed E-state index contributed by atoms with van der Waals surface area (Å²) in [5.41, 5.74) is 0.398. The van der Waals surface area contributed by atoms with Crippen molar-refractivity contribution in [3.63, 3.8) is 0 Å². The zero-order valence-corrected chi connectivity index (χ0v) is 19.3. The summed E-state index contributed by atoms with van der Waals surface area (Å²) in [7, 11) is 0. The molecule has 2 amide bonds. The monoisotopic (exact) mass is 498 g/mol. The van der Waals surface area contributed by atoms with Crippen molar-refractivity contribution in [3.05, 3.63) is 88.2 Å². The third-order valence-electron chi connectivity index (χ3n) is 5.71. The molecule has 1 aromatic carbocycles. The van der Waals surface area contributed by atoms with E-state index in [9.17, 15) is 9.59 Å². The van der Waals surface area contributed by atoms with E-state index in [0.29, 0.717) is 11.5 Å². The van der Waals surface area contributed by atoms with E-state index in [1.807, 2.05) is 36.5 Å². The van der Waals surface area contributed by atoms with Crippen molar-refractivity contribution in [1.82, 2.24) is 30.0 Å². The molecule has 4 heterocycles. The highest BCUT2D eigenvalue weighted by Crippen LogP contribution is 2.36. The molecular weight excluding hydrogens is 479 g/mol. The van der Waals surface area contributed by atoms with Crippen LogP contribution in [0.3, 0.4) is 0 Å². The molecule has 34 heavy (non-hydrogen) atoms. The van der Waals surface area contributed by atoms with Crippen molar-refractivity contribution in [1.29, 1.82) is 0 Å². The number of aromatic amines is 1. The van der Waals surface area contributed by atoms with Crippen LogP contribution in [-0.2, 0) is 16.1 Å². The molecule has 11 heteroatoms. The molecule has 174 valence electrons. The van der Waals surface area contributed by atoms with Crippen LogP contribution in [-0.4, -0.2) is 43.3 Å². The highest BCUT2D eigenvalue weighted by Gasteiger charge is 2.48. The van der Waals surface area contributed by atoms with Crippen molar-refractivity contribution in [2.75, 3.05) is 6.61 Å². The molecule has 1 aliphatic heterocycles. The van der Waals surface area contributed by atoms with E-state index in [0.717, 1.165) is 5.56 Å². The van der Waals surface area contributed by atoms with Crippen LogP contribution in [0.25, 0.3) is 5.78 Å². The van der Waals surface area contributed by atoms with E-state index in [4.69, 9.17) is 27.9 Å². The quantitative estimate of drug-likeness (QED) is 0.377. The Morgan fingerprint density at radius 3 is 2.79 bits per heavy atom. The lowest BCUT2D eigenvalue weighted by atomic mass is 9.91. The number of aromatic nitrogens is 4. The molecule has 0 unspecified atom stereocenters. The summed E-state index contributed by atoms with van der Waals surface area (Å²) in [6.07, 6.45) is 5.15. The molecule has 9 nitrogen and oxygen atoms in total. The summed E-state index contributed by atoms with van der Waals surface area (Å²) >= 11 is 11.9. The number of halogens is 2. The second kappa shape index (κ2) is 9.09. The van der Waals surface area contributed by atoms with Crippen molar-refractivity contribution in [2.24, 2.45) is 0 Å². The number of imidazole rings is 1. The Morgan fingerprint density at radius 1 is 1.24 bits per heavy atom. The number of carbonyl (C=O) groups is 2. The Labute approximate surface area is 204 Å². The van der Waals surface area contributed by atoms with Crippen LogP contribution in [0.15, 0.2) is 61.1 Å². The number of nitrogens with zero attached hydrogens (tertiary/aromatic N) is 3. The minimum absolute atomic E-state index is 0.000964. The number of H-pyrrole nitrogens is 1. The predicted octanol–water partition coefficient (Wildman–Crippen LogP) is 3.31. The molecule has 2 atom stereocenters. The number of rotatable bonds is 6. The number of amides is 2. The number of ether oxygens (including phenoxy) is 1. The van der Waals surface area contributed by atoms with Gasteiger partial charge in [-0.2, -0.15) is 0 Å². The number of nitrogens with one attached hydrogen (secondary N) is 3. The number of benzene rings is 1. The summed E-state index contributed by atoms with van der Waals surface area (Å²) in [6, 6.07) is 12.8. The maximum Gasteiger partial charge on any atom is 0.268 e. The lowest BCUT2D eigenvalue weighted by molar-refractivity contribution is -0.127. The number of carbonyl (C=O) groups excluding carboxylic acids is 2. The first kappa shape index (κ1) is 22.4. The van der Waals surface area contributed by atoms with Gasteiger partial charge in [-0.25, -0.2) is 9.97 Å². The van der Waals surface area contributed by atoms with Crippen LogP contribution in [0.5, 0.6) is 0 Å². The lowest BCUT2D eigenvalue weighted by Gasteiger charge is -2.27. The van der Waals surface area contributed by atoms with E-state index < -0.39 is 11.4 Å². The molecule has 3 aromatic heterocycles. The number of fused-ring (bicyclic) bond motifs is 1. The molecule has 0 aliphatic carbocycles. The third kappa shape index (κ3) is 4.37. The minimum Gasteiger partial charge on any atom is -0.370 e. The Bertz CT molecular complexity index is 1300. The first-order valence-electron chi connectivity index (χ1n) is 10.5. The Balaban J connectivity index is 1.37. The van der Waals surface area contributed by atoms with Gasteiger partial charge < -0.3 is 20.4 Å². The average Bonchev–Trinajstić information content (AvgIpc) is 3.55. The third-order valence-corrected chi connectivity index (χ3v) is 6.40. The number of hydrogen-bond acceptors (Lipinski definition) is 5. The molecule has 1 fully saturated rings. The van der Waals surface area contributed by atoms with Crippen LogP contribution in [0, 0.1) is 0 Å². The van der Waals surface area contributed by atoms with Crippen LogP contribution in [0.4, 0.5) is 0 Å². The Hall–Kier alpha value is -3.40. The number of hydrogen-bond donors (Lipinski definition) is 3. The van der Waals surface area contributed by atoms with E-state index in [1.54, 1.807) is 22.9 Å². The normalized spacial score (nSPS) is 19.9. The second-order valence-corrected chi connectivity index (χ2v) is 8.82. The van der Waals surface area contributed by atoms with Gasteiger partial charge in [-0.05, 0) is 17.7 Å². The molecule has 1 saturated heterocycles. The van der Waals surface area contributed by atoms with Gasteiger partial charge in [0.25, 0.3) is 5.91 Å². The molecule has 0 saturated carbocycles. The second-order valence-electron chi connectivity index (χ2n) is 8.04. The van der Waals surface area contributed by atoms with Crippen LogP contribution < -0.4 is 10.6 Å². The maximum atomic E-state index is 13.5. The van der Waals surface area contributed by atoms with Gasteiger partial charge in [0.1, 0.15) is 16.4 Å². The van der Waals surface area contributed by atoms with Crippen LogP contribution >= 0.6 is 23.2 Å². The average molecular weight is 499 g/mol. The highest BCUT2D eigenvalue weighted by molar-refractivity contribution is 6.41. The molecule has 3 N–H and O–H groups in total. The van der Waals surface area contributed by atoms with E-state index >= 15 is 0 Å². The molecule has 0 radical (unpaired) electrons. The molecular formula is C23H20Cl2N6O3. The summed E-state index contributed by atoms with van der Waals surface area (Å²) in [6.45, 7) is 0.162. The molecule has 0 spiro atoms. The van der Waals surface area contributed by atoms with Crippen molar-refractivity contribution >= 4 is 40.8 Å². The van der Waals surface area contributed by atoms with Crippen molar-refractivity contribution < 1.29 is 14.3 Å².